The summed E-state index contributed by atoms with van der Waals surface area (Å²) in [5.41, 5.74) is -0.176. The van der Waals surface area contributed by atoms with Gasteiger partial charge < -0.3 is 15.2 Å². The average molecular weight is 401 g/mol. The van der Waals surface area contributed by atoms with Crippen molar-refractivity contribution in [2.75, 3.05) is 11.9 Å². The third-order valence-corrected chi connectivity index (χ3v) is 5.13. The molecule has 9 heteroatoms. The number of amides is 1. The Labute approximate surface area is 164 Å². The van der Waals surface area contributed by atoms with Crippen LogP contribution in [0.15, 0.2) is 34.4 Å². The van der Waals surface area contributed by atoms with Crippen molar-refractivity contribution in [3.63, 3.8) is 0 Å². The number of aromatic carboxylic acids is 1. The highest BCUT2D eigenvalue weighted by Crippen LogP contribution is 2.26. The second-order valence-corrected chi connectivity index (χ2v) is 6.92. The molecular formula is C19H19N3O5S. The van der Waals surface area contributed by atoms with Gasteiger partial charge in [0.25, 0.3) is 5.56 Å². The van der Waals surface area contributed by atoms with Gasteiger partial charge in [-0.3, -0.25) is 14.2 Å². The molecule has 1 unspecified atom stereocenters. The largest absolute Gasteiger partial charge is 0.492 e. The molecule has 2 aromatic heterocycles. The number of ether oxygens (including phenoxy) is 1. The van der Waals surface area contributed by atoms with Gasteiger partial charge in [-0.1, -0.05) is 12.1 Å². The summed E-state index contributed by atoms with van der Waals surface area (Å²) in [4.78, 5) is 41.8. The zero-order valence-electron chi connectivity index (χ0n) is 15.6. The van der Waals surface area contributed by atoms with Crippen molar-refractivity contribution in [3.8, 4) is 5.75 Å². The number of hydrogen-bond acceptors (Lipinski definition) is 6. The molecule has 0 radical (unpaired) electrons. The van der Waals surface area contributed by atoms with E-state index in [-0.39, 0.29) is 10.9 Å². The number of carboxylic acid groups (broad SMARTS) is 1. The molecule has 2 heterocycles. The quantitative estimate of drug-likeness (QED) is 0.657. The van der Waals surface area contributed by atoms with Gasteiger partial charge in [0.05, 0.1) is 23.2 Å². The normalized spacial score (nSPS) is 12.0. The lowest BCUT2D eigenvalue weighted by Gasteiger charge is -2.18. The van der Waals surface area contributed by atoms with Gasteiger partial charge in [0.2, 0.25) is 5.91 Å². The molecule has 0 bridgehead atoms. The average Bonchev–Trinajstić information content (AvgIpc) is 3.07. The minimum atomic E-state index is -1.21. The predicted molar refractivity (Wildman–Crippen MR) is 107 cm³/mol. The lowest BCUT2D eigenvalue weighted by atomic mass is 10.2. The van der Waals surface area contributed by atoms with Gasteiger partial charge in [0, 0.05) is 5.38 Å². The fourth-order valence-corrected chi connectivity index (χ4v) is 3.87. The number of para-hydroxylation sites is 2. The van der Waals surface area contributed by atoms with E-state index in [9.17, 15) is 19.5 Å². The molecule has 0 aliphatic rings. The Bertz CT molecular complexity index is 1120. The first-order valence-electron chi connectivity index (χ1n) is 8.61. The molecular weight excluding hydrogens is 382 g/mol. The maximum atomic E-state index is 13.0. The number of carbonyl (C=O) groups excluding carboxylic acids is 1. The van der Waals surface area contributed by atoms with Gasteiger partial charge in [-0.25, -0.2) is 9.78 Å². The van der Waals surface area contributed by atoms with Crippen molar-refractivity contribution in [2.45, 2.75) is 26.8 Å². The minimum absolute atomic E-state index is 0.0115. The minimum Gasteiger partial charge on any atom is -0.492 e. The molecule has 0 aliphatic carbocycles. The Hall–Kier alpha value is -3.20. The fraction of sp³-hybridized carbons (Fsp3) is 0.263. The second kappa shape index (κ2) is 7.81. The van der Waals surface area contributed by atoms with E-state index in [1.165, 1.54) is 9.95 Å². The standard InChI is InChI=1S/C19H19N3O5S/c1-4-27-14-8-6-5-7-13(14)21-16(23)10(2)22-11(3)20-17-15(18(22)24)12(9-28-17)19(25)26/h5-10H,4H2,1-3H3,(H,21,23)(H,25,26). The first-order valence-corrected chi connectivity index (χ1v) is 9.49. The monoisotopic (exact) mass is 401 g/mol. The third kappa shape index (κ3) is 3.48. The summed E-state index contributed by atoms with van der Waals surface area (Å²) < 4.78 is 6.71. The Morgan fingerprint density at radius 2 is 2.07 bits per heavy atom. The van der Waals surface area contributed by atoms with Crippen molar-refractivity contribution in [2.24, 2.45) is 0 Å². The molecule has 0 spiro atoms. The van der Waals surface area contributed by atoms with Crippen molar-refractivity contribution >= 4 is 39.1 Å². The van der Waals surface area contributed by atoms with E-state index in [1.807, 2.05) is 6.92 Å². The number of rotatable bonds is 6. The summed E-state index contributed by atoms with van der Waals surface area (Å²) in [6.07, 6.45) is 0. The first-order chi connectivity index (χ1) is 13.3. The SMILES string of the molecule is CCOc1ccccc1NC(=O)C(C)n1c(C)nc2scc(C(=O)O)c2c1=O. The lowest BCUT2D eigenvalue weighted by Crippen LogP contribution is -2.34. The van der Waals surface area contributed by atoms with Gasteiger partial charge >= 0.3 is 5.97 Å². The zero-order chi connectivity index (χ0) is 20.4. The van der Waals surface area contributed by atoms with Crippen LogP contribution in [0.25, 0.3) is 10.2 Å². The van der Waals surface area contributed by atoms with E-state index in [1.54, 1.807) is 38.1 Å². The number of benzene rings is 1. The maximum Gasteiger partial charge on any atom is 0.337 e. The van der Waals surface area contributed by atoms with Crippen LogP contribution in [-0.2, 0) is 4.79 Å². The molecule has 1 aromatic carbocycles. The van der Waals surface area contributed by atoms with Gasteiger partial charge in [-0.15, -0.1) is 11.3 Å². The molecule has 3 rings (SSSR count). The molecule has 0 saturated carbocycles. The van der Waals surface area contributed by atoms with Crippen LogP contribution < -0.4 is 15.6 Å². The molecule has 1 atom stereocenters. The van der Waals surface area contributed by atoms with E-state index in [4.69, 9.17) is 4.74 Å². The van der Waals surface area contributed by atoms with Gasteiger partial charge in [-0.05, 0) is 32.9 Å². The summed E-state index contributed by atoms with van der Waals surface area (Å²) in [5.74, 6) is -0.792. The van der Waals surface area contributed by atoms with Crippen LogP contribution in [0.3, 0.4) is 0 Å². The highest BCUT2D eigenvalue weighted by Gasteiger charge is 2.24. The lowest BCUT2D eigenvalue weighted by molar-refractivity contribution is -0.118. The highest BCUT2D eigenvalue weighted by atomic mass is 32.1. The number of nitrogens with one attached hydrogen (secondary N) is 1. The molecule has 0 saturated heterocycles. The predicted octanol–water partition coefficient (Wildman–Crippen LogP) is 3.06. The van der Waals surface area contributed by atoms with Crippen molar-refractivity contribution in [1.82, 2.24) is 9.55 Å². The van der Waals surface area contributed by atoms with Crippen molar-refractivity contribution in [1.29, 1.82) is 0 Å². The summed E-state index contributed by atoms with van der Waals surface area (Å²) in [7, 11) is 0. The summed E-state index contributed by atoms with van der Waals surface area (Å²) in [6, 6.07) is 6.09. The van der Waals surface area contributed by atoms with Crippen LogP contribution in [0.2, 0.25) is 0 Å². The van der Waals surface area contributed by atoms with E-state index < -0.39 is 23.5 Å². The van der Waals surface area contributed by atoms with Gasteiger partial charge in [0.15, 0.2) is 0 Å². The van der Waals surface area contributed by atoms with Crippen LogP contribution in [-0.4, -0.2) is 33.1 Å². The van der Waals surface area contributed by atoms with Crippen molar-refractivity contribution in [3.05, 3.63) is 51.4 Å². The number of carboxylic acids is 1. The Morgan fingerprint density at radius 1 is 1.36 bits per heavy atom. The number of anilines is 1. The highest BCUT2D eigenvalue weighted by molar-refractivity contribution is 7.17. The fourth-order valence-electron chi connectivity index (χ4n) is 2.92. The summed E-state index contributed by atoms with van der Waals surface area (Å²) in [6.45, 7) is 5.45. The summed E-state index contributed by atoms with van der Waals surface area (Å²) in [5, 5.41) is 13.5. The molecule has 3 aromatic rings. The molecule has 1 amide bonds. The zero-order valence-corrected chi connectivity index (χ0v) is 16.4. The van der Waals surface area contributed by atoms with E-state index >= 15 is 0 Å². The molecule has 0 fully saturated rings. The Kier molecular flexibility index (Phi) is 5.46. The molecule has 0 aliphatic heterocycles. The number of carbonyl (C=O) groups is 2. The molecule has 146 valence electrons. The Balaban J connectivity index is 2.00. The van der Waals surface area contributed by atoms with Crippen molar-refractivity contribution < 1.29 is 19.4 Å². The van der Waals surface area contributed by atoms with Gasteiger partial charge in [-0.2, -0.15) is 0 Å². The molecule has 2 N–H and O–H groups in total. The number of aromatic nitrogens is 2. The first kappa shape index (κ1) is 19.6. The van der Waals surface area contributed by atoms with Crippen LogP contribution in [0.1, 0.15) is 36.1 Å². The van der Waals surface area contributed by atoms with E-state index in [0.717, 1.165) is 11.3 Å². The maximum absolute atomic E-state index is 13.0. The number of thiophene rings is 1. The number of nitrogens with zero attached hydrogens (tertiary/aromatic N) is 2. The smallest absolute Gasteiger partial charge is 0.337 e. The molecule has 8 nitrogen and oxygen atoms in total. The van der Waals surface area contributed by atoms with Crippen LogP contribution in [0.4, 0.5) is 5.69 Å². The Morgan fingerprint density at radius 3 is 2.75 bits per heavy atom. The van der Waals surface area contributed by atoms with Gasteiger partial charge in [0.1, 0.15) is 22.4 Å². The van der Waals surface area contributed by atoms with Crippen LogP contribution in [0.5, 0.6) is 5.75 Å². The third-order valence-electron chi connectivity index (χ3n) is 4.26. The van der Waals surface area contributed by atoms with Crippen LogP contribution in [0, 0.1) is 6.92 Å². The number of hydrogen-bond donors (Lipinski definition) is 2. The van der Waals surface area contributed by atoms with E-state index in [0.29, 0.717) is 28.7 Å². The summed E-state index contributed by atoms with van der Waals surface area (Å²) >= 11 is 1.09. The van der Waals surface area contributed by atoms with Crippen LogP contribution >= 0.6 is 11.3 Å². The number of fused-ring (bicyclic) bond motifs is 1. The second-order valence-electron chi connectivity index (χ2n) is 6.06. The van der Waals surface area contributed by atoms with E-state index in [2.05, 4.69) is 10.3 Å². The molecule has 28 heavy (non-hydrogen) atoms. The number of aryl methyl sites for hydroxylation is 1. The topological polar surface area (TPSA) is 111 Å².